The van der Waals surface area contributed by atoms with E-state index in [0.717, 1.165) is 15.6 Å². The summed E-state index contributed by atoms with van der Waals surface area (Å²) < 4.78 is 6.52. The maximum atomic E-state index is 12.5. The number of benzene rings is 1. The second-order valence-electron chi connectivity index (χ2n) is 5.87. The summed E-state index contributed by atoms with van der Waals surface area (Å²) in [6.45, 7) is 2.05. The van der Waals surface area contributed by atoms with Crippen LogP contribution in [0.5, 0.6) is 0 Å². The second-order valence-corrected chi connectivity index (χ2v) is 7.85. The minimum absolute atomic E-state index is 0.207. The van der Waals surface area contributed by atoms with Crippen molar-refractivity contribution in [2.75, 3.05) is 11.9 Å². The van der Waals surface area contributed by atoms with Gasteiger partial charge in [-0.15, -0.1) is 22.7 Å². The number of esters is 1. The van der Waals surface area contributed by atoms with Crippen molar-refractivity contribution in [3.05, 3.63) is 70.8 Å². The number of thiazole rings is 1. The summed E-state index contributed by atoms with van der Waals surface area (Å²) in [7, 11) is 0. The Morgan fingerprint density at radius 1 is 1.17 bits per heavy atom. The molecule has 0 saturated heterocycles. The SMILES string of the molecule is CCOC(=O)c1ccn(-c2ccc(NC(=O)c3cnc(-c4cccs4)s3)cc2)n1. The molecule has 0 atom stereocenters. The van der Waals surface area contributed by atoms with Crippen molar-refractivity contribution in [2.45, 2.75) is 6.92 Å². The van der Waals surface area contributed by atoms with Gasteiger partial charge in [0.1, 0.15) is 9.88 Å². The van der Waals surface area contributed by atoms with E-state index in [1.54, 1.807) is 65.7 Å². The molecule has 0 radical (unpaired) electrons. The van der Waals surface area contributed by atoms with Gasteiger partial charge in [-0.25, -0.2) is 14.5 Å². The fraction of sp³-hybridized carbons (Fsp3) is 0.100. The lowest BCUT2D eigenvalue weighted by molar-refractivity contribution is 0.0519. The molecule has 0 aliphatic rings. The number of hydrogen-bond donors (Lipinski definition) is 1. The zero-order chi connectivity index (χ0) is 20.2. The van der Waals surface area contributed by atoms with Crippen LogP contribution in [0.2, 0.25) is 0 Å². The van der Waals surface area contributed by atoms with Crippen LogP contribution >= 0.6 is 22.7 Å². The molecule has 3 heterocycles. The lowest BCUT2D eigenvalue weighted by atomic mass is 10.3. The molecule has 29 heavy (non-hydrogen) atoms. The molecule has 0 aliphatic carbocycles. The van der Waals surface area contributed by atoms with Gasteiger partial charge in [0.2, 0.25) is 0 Å². The van der Waals surface area contributed by atoms with Crippen LogP contribution in [-0.4, -0.2) is 33.2 Å². The largest absolute Gasteiger partial charge is 0.461 e. The molecule has 0 fully saturated rings. The van der Waals surface area contributed by atoms with E-state index in [9.17, 15) is 9.59 Å². The van der Waals surface area contributed by atoms with Crippen molar-refractivity contribution in [3.63, 3.8) is 0 Å². The van der Waals surface area contributed by atoms with Crippen LogP contribution in [0.25, 0.3) is 15.6 Å². The fourth-order valence-corrected chi connectivity index (χ4v) is 4.18. The van der Waals surface area contributed by atoms with Crippen LogP contribution < -0.4 is 5.32 Å². The van der Waals surface area contributed by atoms with Gasteiger partial charge in [-0.3, -0.25) is 4.79 Å². The highest BCUT2D eigenvalue weighted by atomic mass is 32.1. The molecular formula is C20H16N4O3S2. The van der Waals surface area contributed by atoms with Crippen LogP contribution in [0.15, 0.2) is 60.2 Å². The van der Waals surface area contributed by atoms with E-state index in [1.165, 1.54) is 11.3 Å². The molecule has 0 bridgehead atoms. The minimum atomic E-state index is -0.457. The number of nitrogens with one attached hydrogen (secondary N) is 1. The fourth-order valence-electron chi connectivity index (χ4n) is 2.57. The first-order valence-electron chi connectivity index (χ1n) is 8.78. The lowest BCUT2D eigenvalue weighted by Crippen LogP contribution is -2.10. The molecule has 0 unspecified atom stereocenters. The van der Waals surface area contributed by atoms with Gasteiger partial charge in [0.25, 0.3) is 5.91 Å². The van der Waals surface area contributed by atoms with Crippen LogP contribution in [-0.2, 0) is 4.74 Å². The van der Waals surface area contributed by atoms with E-state index >= 15 is 0 Å². The maximum absolute atomic E-state index is 12.5. The van der Waals surface area contributed by atoms with Crippen molar-refractivity contribution in [3.8, 4) is 15.6 Å². The summed E-state index contributed by atoms with van der Waals surface area (Å²) in [6.07, 6.45) is 3.27. The zero-order valence-electron chi connectivity index (χ0n) is 15.4. The normalized spacial score (nSPS) is 10.7. The molecule has 146 valence electrons. The van der Waals surface area contributed by atoms with E-state index in [0.29, 0.717) is 17.2 Å². The van der Waals surface area contributed by atoms with Crippen LogP contribution in [0.4, 0.5) is 5.69 Å². The molecule has 9 heteroatoms. The molecule has 3 aromatic heterocycles. The lowest BCUT2D eigenvalue weighted by Gasteiger charge is -2.05. The number of aromatic nitrogens is 3. The monoisotopic (exact) mass is 424 g/mol. The molecule has 4 aromatic rings. The quantitative estimate of drug-likeness (QED) is 0.461. The first-order chi connectivity index (χ1) is 14.1. The number of anilines is 1. The highest BCUT2D eigenvalue weighted by molar-refractivity contribution is 7.22. The third-order valence-electron chi connectivity index (χ3n) is 3.92. The molecular weight excluding hydrogens is 408 g/mol. The topological polar surface area (TPSA) is 86.1 Å². The highest BCUT2D eigenvalue weighted by Crippen LogP contribution is 2.29. The van der Waals surface area contributed by atoms with E-state index in [4.69, 9.17) is 4.74 Å². The summed E-state index contributed by atoms with van der Waals surface area (Å²) in [5.74, 6) is -0.664. The average molecular weight is 425 g/mol. The summed E-state index contributed by atoms with van der Waals surface area (Å²) in [5.41, 5.74) is 1.66. The van der Waals surface area contributed by atoms with Crippen molar-refractivity contribution in [1.29, 1.82) is 0 Å². The Morgan fingerprint density at radius 2 is 2.00 bits per heavy atom. The van der Waals surface area contributed by atoms with Crippen LogP contribution in [0.3, 0.4) is 0 Å². The number of carbonyl (C=O) groups excluding carboxylic acids is 2. The van der Waals surface area contributed by atoms with Gasteiger partial charge in [-0.1, -0.05) is 6.07 Å². The number of rotatable bonds is 6. The summed E-state index contributed by atoms with van der Waals surface area (Å²) >= 11 is 2.95. The van der Waals surface area contributed by atoms with Crippen LogP contribution in [0.1, 0.15) is 27.1 Å². The number of amides is 1. The molecule has 7 nitrogen and oxygen atoms in total. The van der Waals surface area contributed by atoms with Crippen molar-refractivity contribution >= 4 is 40.2 Å². The predicted molar refractivity (Wildman–Crippen MR) is 113 cm³/mol. The second kappa shape index (κ2) is 8.38. The standard InChI is InChI=1S/C20H16N4O3S2/c1-2-27-20(26)15-9-10-24(23-15)14-7-5-13(6-8-14)22-18(25)17-12-21-19(29-17)16-4-3-11-28-16/h3-12H,2H2,1H3,(H,22,25). The van der Waals surface area contributed by atoms with E-state index in [-0.39, 0.29) is 11.6 Å². The molecule has 1 amide bonds. The average Bonchev–Trinajstić information content (AvgIpc) is 3.49. The molecule has 1 aromatic carbocycles. The Labute approximate surface area is 174 Å². The number of ether oxygens (including phenoxy) is 1. The van der Waals surface area contributed by atoms with Gasteiger partial charge in [-0.2, -0.15) is 5.10 Å². The van der Waals surface area contributed by atoms with Gasteiger partial charge < -0.3 is 10.1 Å². The van der Waals surface area contributed by atoms with Crippen LogP contribution in [0, 0.1) is 0 Å². The number of hydrogen-bond acceptors (Lipinski definition) is 7. The smallest absolute Gasteiger partial charge is 0.358 e. The molecule has 1 N–H and O–H groups in total. The highest BCUT2D eigenvalue weighted by Gasteiger charge is 2.13. The van der Waals surface area contributed by atoms with Gasteiger partial charge in [0, 0.05) is 11.9 Å². The number of thiophene rings is 1. The predicted octanol–water partition coefficient (Wildman–Crippen LogP) is 4.49. The summed E-state index contributed by atoms with van der Waals surface area (Å²) in [4.78, 5) is 30.1. The summed E-state index contributed by atoms with van der Waals surface area (Å²) in [6, 6.07) is 12.7. The molecule has 0 aliphatic heterocycles. The third kappa shape index (κ3) is 4.25. The first kappa shape index (κ1) is 19.0. The molecule has 4 rings (SSSR count). The first-order valence-corrected chi connectivity index (χ1v) is 10.5. The summed E-state index contributed by atoms with van der Waals surface area (Å²) in [5, 5.41) is 9.89. The van der Waals surface area contributed by atoms with E-state index in [2.05, 4.69) is 15.4 Å². The number of carbonyl (C=O) groups is 2. The Bertz CT molecular complexity index is 1130. The van der Waals surface area contributed by atoms with Crippen molar-refractivity contribution in [2.24, 2.45) is 0 Å². The Morgan fingerprint density at radius 3 is 2.72 bits per heavy atom. The minimum Gasteiger partial charge on any atom is -0.461 e. The van der Waals surface area contributed by atoms with Gasteiger partial charge in [0.15, 0.2) is 5.69 Å². The maximum Gasteiger partial charge on any atom is 0.358 e. The van der Waals surface area contributed by atoms with Crippen molar-refractivity contribution < 1.29 is 14.3 Å². The molecule has 0 saturated carbocycles. The Hall–Kier alpha value is -3.30. The Kier molecular flexibility index (Phi) is 5.50. The number of nitrogens with zero attached hydrogens (tertiary/aromatic N) is 3. The van der Waals surface area contributed by atoms with Gasteiger partial charge >= 0.3 is 5.97 Å². The van der Waals surface area contributed by atoms with E-state index in [1.807, 2.05) is 17.5 Å². The Balaban J connectivity index is 1.43. The molecule has 0 spiro atoms. The zero-order valence-corrected chi connectivity index (χ0v) is 17.0. The third-order valence-corrected chi connectivity index (χ3v) is 5.96. The van der Waals surface area contributed by atoms with Gasteiger partial charge in [-0.05, 0) is 48.7 Å². The van der Waals surface area contributed by atoms with Crippen molar-refractivity contribution in [1.82, 2.24) is 14.8 Å². The van der Waals surface area contributed by atoms with E-state index < -0.39 is 5.97 Å². The van der Waals surface area contributed by atoms with Gasteiger partial charge in [0.05, 0.1) is 23.4 Å².